The third-order valence-electron chi connectivity index (χ3n) is 2.93. The van der Waals surface area contributed by atoms with Crippen molar-refractivity contribution in [3.63, 3.8) is 0 Å². The van der Waals surface area contributed by atoms with E-state index in [0.29, 0.717) is 17.9 Å². The molecule has 1 aromatic heterocycles. The van der Waals surface area contributed by atoms with Gasteiger partial charge in [0.15, 0.2) is 0 Å². The smallest absolute Gasteiger partial charge is 0.242 e. The van der Waals surface area contributed by atoms with Crippen molar-refractivity contribution >= 4 is 21.4 Å². The van der Waals surface area contributed by atoms with Crippen LogP contribution in [0.3, 0.4) is 0 Å². The average Bonchev–Trinajstić information content (AvgIpc) is 2.91. The van der Waals surface area contributed by atoms with Crippen molar-refractivity contribution in [3.05, 3.63) is 42.4 Å². The Morgan fingerprint density at radius 2 is 2.10 bits per heavy atom. The molecular formula is C13H17N3O3S. The first kappa shape index (κ1) is 14.4. The standard InChI is InChI=1S/C13H17N3O3S/c1-15-20(17,18)13-8-10(14)5-6-12(13)16(2)9-11-4-3-7-19-11/h3-8,15H,9,14H2,1-2H3. The molecule has 1 aromatic carbocycles. The van der Waals surface area contributed by atoms with Gasteiger partial charge in [0.2, 0.25) is 10.0 Å². The second-order valence-corrected chi connectivity index (χ2v) is 6.23. The highest BCUT2D eigenvalue weighted by atomic mass is 32.2. The number of benzene rings is 1. The zero-order chi connectivity index (χ0) is 14.8. The summed E-state index contributed by atoms with van der Waals surface area (Å²) in [6.45, 7) is 0.461. The molecule has 0 saturated heterocycles. The predicted molar refractivity (Wildman–Crippen MR) is 77.9 cm³/mol. The number of nitrogens with zero attached hydrogens (tertiary/aromatic N) is 1. The van der Waals surface area contributed by atoms with E-state index < -0.39 is 10.0 Å². The molecule has 0 saturated carbocycles. The van der Waals surface area contributed by atoms with E-state index in [1.165, 1.54) is 13.1 Å². The van der Waals surface area contributed by atoms with Gasteiger partial charge in [-0.3, -0.25) is 0 Å². The monoisotopic (exact) mass is 295 g/mol. The molecule has 0 fully saturated rings. The van der Waals surface area contributed by atoms with Crippen molar-refractivity contribution in [3.8, 4) is 0 Å². The molecule has 0 bridgehead atoms. The Morgan fingerprint density at radius 1 is 1.35 bits per heavy atom. The summed E-state index contributed by atoms with van der Waals surface area (Å²) < 4.78 is 31.7. The van der Waals surface area contributed by atoms with E-state index in [4.69, 9.17) is 10.2 Å². The SMILES string of the molecule is CNS(=O)(=O)c1cc(N)ccc1N(C)Cc1ccco1. The summed E-state index contributed by atoms with van der Waals surface area (Å²) in [4.78, 5) is 1.94. The van der Waals surface area contributed by atoms with Crippen LogP contribution < -0.4 is 15.4 Å². The molecule has 6 nitrogen and oxygen atoms in total. The van der Waals surface area contributed by atoms with Gasteiger partial charge in [-0.1, -0.05) is 0 Å². The lowest BCUT2D eigenvalue weighted by atomic mass is 10.2. The summed E-state index contributed by atoms with van der Waals surface area (Å²) >= 11 is 0. The lowest BCUT2D eigenvalue weighted by Gasteiger charge is -2.21. The van der Waals surface area contributed by atoms with E-state index in [1.54, 1.807) is 36.4 Å². The average molecular weight is 295 g/mol. The molecule has 108 valence electrons. The summed E-state index contributed by atoms with van der Waals surface area (Å²) in [5.74, 6) is 0.747. The lowest BCUT2D eigenvalue weighted by molar-refractivity contribution is 0.507. The number of hydrogen-bond acceptors (Lipinski definition) is 5. The van der Waals surface area contributed by atoms with Crippen LogP contribution in [0.25, 0.3) is 0 Å². The Hall–Kier alpha value is -1.99. The van der Waals surface area contributed by atoms with E-state index in [9.17, 15) is 8.42 Å². The van der Waals surface area contributed by atoms with Crippen LogP contribution in [0, 0.1) is 0 Å². The molecule has 2 aromatic rings. The molecule has 0 amide bonds. The van der Waals surface area contributed by atoms with Gasteiger partial charge < -0.3 is 15.1 Å². The Morgan fingerprint density at radius 3 is 2.70 bits per heavy atom. The van der Waals surface area contributed by atoms with Gasteiger partial charge in [-0.05, 0) is 37.4 Å². The number of anilines is 2. The molecule has 0 atom stereocenters. The number of sulfonamides is 1. The lowest BCUT2D eigenvalue weighted by Crippen LogP contribution is -2.24. The summed E-state index contributed by atoms with van der Waals surface area (Å²) in [7, 11) is -0.413. The van der Waals surface area contributed by atoms with E-state index >= 15 is 0 Å². The molecule has 0 aliphatic rings. The van der Waals surface area contributed by atoms with Crippen molar-refractivity contribution in [1.82, 2.24) is 4.72 Å². The molecule has 2 rings (SSSR count). The van der Waals surface area contributed by atoms with Gasteiger partial charge in [-0.15, -0.1) is 0 Å². The van der Waals surface area contributed by atoms with Crippen LogP contribution >= 0.6 is 0 Å². The summed E-state index contributed by atoms with van der Waals surface area (Å²) in [5.41, 5.74) is 6.64. The van der Waals surface area contributed by atoms with E-state index in [1.807, 2.05) is 6.07 Å². The van der Waals surface area contributed by atoms with Gasteiger partial charge in [-0.25, -0.2) is 13.1 Å². The van der Waals surface area contributed by atoms with Crippen LogP contribution in [-0.4, -0.2) is 22.5 Å². The highest BCUT2D eigenvalue weighted by molar-refractivity contribution is 7.89. The topological polar surface area (TPSA) is 88.6 Å². The van der Waals surface area contributed by atoms with Crippen molar-refractivity contribution in [2.45, 2.75) is 11.4 Å². The summed E-state index contributed by atoms with van der Waals surface area (Å²) in [5, 5.41) is 0. The van der Waals surface area contributed by atoms with Crippen LogP contribution in [0.5, 0.6) is 0 Å². The molecule has 1 heterocycles. The fourth-order valence-corrected chi connectivity index (χ4v) is 2.90. The van der Waals surface area contributed by atoms with E-state index in [2.05, 4.69) is 4.72 Å². The normalized spacial score (nSPS) is 11.5. The van der Waals surface area contributed by atoms with Gasteiger partial charge in [0.1, 0.15) is 10.7 Å². The van der Waals surface area contributed by atoms with Gasteiger partial charge in [0, 0.05) is 12.7 Å². The fraction of sp³-hybridized carbons (Fsp3) is 0.231. The Bertz CT molecular complexity index is 681. The third kappa shape index (κ3) is 2.94. The Balaban J connectivity index is 2.41. The number of rotatable bonds is 5. The highest BCUT2D eigenvalue weighted by Gasteiger charge is 2.20. The first-order valence-electron chi connectivity index (χ1n) is 6.00. The quantitative estimate of drug-likeness (QED) is 0.814. The van der Waals surface area contributed by atoms with Gasteiger partial charge >= 0.3 is 0 Å². The van der Waals surface area contributed by atoms with Crippen molar-refractivity contribution < 1.29 is 12.8 Å². The van der Waals surface area contributed by atoms with Crippen molar-refractivity contribution in [2.75, 3.05) is 24.7 Å². The maximum absolute atomic E-state index is 12.1. The van der Waals surface area contributed by atoms with Crippen LogP contribution in [-0.2, 0) is 16.6 Å². The van der Waals surface area contributed by atoms with Crippen LogP contribution in [0.2, 0.25) is 0 Å². The zero-order valence-electron chi connectivity index (χ0n) is 11.3. The second-order valence-electron chi connectivity index (χ2n) is 4.37. The minimum Gasteiger partial charge on any atom is -0.467 e. The van der Waals surface area contributed by atoms with Crippen LogP contribution in [0.15, 0.2) is 45.9 Å². The van der Waals surface area contributed by atoms with Gasteiger partial charge in [0.25, 0.3) is 0 Å². The van der Waals surface area contributed by atoms with Crippen molar-refractivity contribution in [1.29, 1.82) is 0 Å². The first-order valence-corrected chi connectivity index (χ1v) is 7.49. The van der Waals surface area contributed by atoms with Crippen LogP contribution in [0.4, 0.5) is 11.4 Å². The molecule has 20 heavy (non-hydrogen) atoms. The maximum atomic E-state index is 12.1. The Labute approximate surface area is 118 Å². The zero-order valence-corrected chi connectivity index (χ0v) is 12.1. The summed E-state index contributed by atoms with van der Waals surface area (Å²) in [6.07, 6.45) is 1.58. The molecule has 7 heteroatoms. The van der Waals surface area contributed by atoms with Crippen molar-refractivity contribution in [2.24, 2.45) is 0 Å². The number of nitrogens with one attached hydrogen (secondary N) is 1. The molecule has 0 spiro atoms. The van der Waals surface area contributed by atoms with Crippen LogP contribution in [0.1, 0.15) is 5.76 Å². The molecule has 0 radical (unpaired) electrons. The molecule has 0 unspecified atom stereocenters. The number of nitrogen functional groups attached to an aromatic ring is 1. The first-order chi connectivity index (χ1) is 9.44. The minimum atomic E-state index is -3.58. The maximum Gasteiger partial charge on any atom is 0.242 e. The molecule has 0 aliphatic heterocycles. The third-order valence-corrected chi connectivity index (χ3v) is 4.37. The molecule has 3 N–H and O–H groups in total. The van der Waals surface area contributed by atoms with Gasteiger partial charge in [-0.2, -0.15) is 0 Å². The van der Waals surface area contributed by atoms with E-state index in [0.717, 1.165) is 5.76 Å². The Kier molecular flexibility index (Phi) is 4.01. The van der Waals surface area contributed by atoms with E-state index in [-0.39, 0.29) is 4.90 Å². The van der Waals surface area contributed by atoms with Gasteiger partial charge in [0.05, 0.1) is 18.5 Å². The highest BCUT2D eigenvalue weighted by Crippen LogP contribution is 2.27. The number of furan rings is 1. The minimum absolute atomic E-state index is 0.147. The molecule has 0 aliphatic carbocycles. The number of nitrogens with two attached hydrogens (primary N) is 1. The number of hydrogen-bond donors (Lipinski definition) is 2. The predicted octanol–water partition coefficient (Wildman–Crippen LogP) is 1.41. The largest absolute Gasteiger partial charge is 0.467 e. The second kappa shape index (κ2) is 5.56. The molecular weight excluding hydrogens is 278 g/mol. The summed E-state index contributed by atoms with van der Waals surface area (Å²) in [6, 6.07) is 8.42. The fourth-order valence-electron chi connectivity index (χ4n) is 1.89.